The average Bonchev–Trinajstić information content (AvgIpc) is 4.07. The number of rotatable bonds is 10. The molecule has 1 aliphatic rings. The molecule has 4 heteroatoms. The number of hydrogen-bond acceptors (Lipinski definition) is 0. The van der Waals surface area contributed by atoms with E-state index in [-0.39, 0.29) is 0 Å². The Morgan fingerprint density at radius 1 is 0.531 bits per heavy atom. The Bertz CT molecular complexity index is 2560. The number of halogens is 2. The fourth-order valence-electron chi connectivity index (χ4n) is 9.12. The Labute approximate surface area is 407 Å². The predicted octanol–water partition coefficient (Wildman–Crippen LogP) is 17.3. The van der Waals surface area contributed by atoms with Gasteiger partial charge in [-0.25, -0.2) is 0 Å². The first-order valence-corrected chi connectivity index (χ1v) is 30.8. The minimum atomic E-state index is -0.826. The second-order valence-corrected chi connectivity index (χ2v) is 22.8. The molecule has 1 aliphatic heterocycles. The van der Waals surface area contributed by atoms with E-state index >= 15 is 0 Å². The van der Waals surface area contributed by atoms with Gasteiger partial charge in [0.25, 0.3) is 0 Å². The SMILES string of the molecule is CCc1ccccc1-c1c(C(C)C)ccc2[cH-]c(C(C)CC)cc12.CCc1ccccc1-c1c(C(C)C)ccc2[cH-]c(C(C)CC)cc12.[Cl][Zr][Cl].[c-]1cccc2c1[Si]c1ccccc1-2. The summed E-state index contributed by atoms with van der Waals surface area (Å²) in [7, 11) is 10.7. The number of benzene rings is 6. The van der Waals surface area contributed by atoms with E-state index in [0.29, 0.717) is 23.7 Å². The number of hydrogen-bond donors (Lipinski definition) is 0. The molecule has 2 radical (unpaired) electrons. The van der Waals surface area contributed by atoms with Gasteiger partial charge in [0.2, 0.25) is 0 Å². The summed E-state index contributed by atoms with van der Waals surface area (Å²) in [5.41, 5.74) is 17.3. The first kappa shape index (κ1) is 49.6. The van der Waals surface area contributed by atoms with Crippen LogP contribution in [0.1, 0.15) is 139 Å². The zero-order chi connectivity index (χ0) is 45.9. The van der Waals surface area contributed by atoms with Gasteiger partial charge in [-0.15, -0.1) is 74.6 Å². The molecular formula is C60H65Cl2SiZr-3. The summed E-state index contributed by atoms with van der Waals surface area (Å²) in [5.74, 6) is 2.29. The number of fused-ring (bicyclic) bond motifs is 5. The van der Waals surface area contributed by atoms with Crippen molar-refractivity contribution in [3.63, 3.8) is 0 Å². The minimum Gasteiger partial charge on any atom is -0.184 e. The minimum absolute atomic E-state index is 0.524. The van der Waals surface area contributed by atoms with Crippen LogP contribution in [0, 0.1) is 6.07 Å². The van der Waals surface area contributed by atoms with Crippen LogP contribution in [0.3, 0.4) is 0 Å². The Morgan fingerprint density at radius 2 is 0.953 bits per heavy atom. The third kappa shape index (κ3) is 11.2. The van der Waals surface area contributed by atoms with Crippen LogP contribution in [0.4, 0.5) is 0 Å². The zero-order valence-electron chi connectivity index (χ0n) is 39.7. The molecule has 0 aliphatic carbocycles. The maximum absolute atomic E-state index is 4.93. The molecule has 0 nitrogen and oxygen atoms in total. The van der Waals surface area contributed by atoms with E-state index in [1.807, 2.05) is 6.07 Å². The fraction of sp³-hybridized carbons (Fsp3) is 0.300. The Balaban J connectivity index is 0.000000160. The first-order chi connectivity index (χ1) is 31.0. The van der Waals surface area contributed by atoms with Crippen molar-refractivity contribution in [2.45, 2.75) is 119 Å². The molecule has 9 rings (SSSR count). The Kier molecular flexibility index (Phi) is 18.3. The van der Waals surface area contributed by atoms with Crippen LogP contribution >= 0.6 is 17.0 Å². The van der Waals surface area contributed by atoms with Gasteiger partial charge in [-0.05, 0) is 58.8 Å². The zero-order valence-corrected chi connectivity index (χ0v) is 44.6. The molecule has 0 fully saturated rings. The standard InChI is InChI=1S/2C24H29.C12H7Si.2ClH.Zr/c2*1-6-17(5)20-14-19-12-13-21(16(3)4)24(23(19)15-20)22-11-9-8-10-18(22)7-2;1-3-7-11-9(5-1)10-6-2-4-8-12(10)13-11;;;/h2*8-17H,6-7H2,1-5H3;1-7H;2*1H;/q3*-1;;;+2/p-2. The fourth-order valence-corrected chi connectivity index (χ4v) is 10.4. The molecule has 0 N–H and O–H groups in total. The van der Waals surface area contributed by atoms with Gasteiger partial charge in [0.05, 0.1) is 9.52 Å². The summed E-state index contributed by atoms with van der Waals surface area (Å²) in [6.45, 7) is 22.9. The van der Waals surface area contributed by atoms with Gasteiger partial charge in [-0.1, -0.05) is 188 Å². The summed E-state index contributed by atoms with van der Waals surface area (Å²) in [5, 5.41) is 8.45. The van der Waals surface area contributed by atoms with E-state index in [9.17, 15) is 0 Å². The molecule has 64 heavy (non-hydrogen) atoms. The van der Waals surface area contributed by atoms with Gasteiger partial charge in [0.15, 0.2) is 0 Å². The summed E-state index contributed by atoms with van der Waals surface area (Å²) in [4.78, 5) is 0. The third-order valence-electron chi connectivity index (χ3n) is 13.2. The second-order valence-electron chi connectivity index (χ2n) is 17.8. The van der Waals surface area contributed by atoms with E-state index in [4.69, 9.17) is 17.0 Å². The molecule has 2 atom stereocenters. The van der Waals surface area contributed by atoms with Crippen LogP contribution in [0.25, 0.3) is 54.9 Å². The summed E-state index contributed by atoms with van der Waals surface area (Å²) < 4.78 is 0. The van der Waals surface area contributed by atoms with Crippen LogP contribution in [-0.4, -0.2) is 9.52 Å². The molecule has 0 saturated carbocycles. The van der Waals surface area contributed by atoms with Crippen LogP contribution < -0.4 is 10.4 Å². The van der Waals surface area contributed by atoms with Crippen LogP contribution in [-0.2, 0) is 33.7 Å². The average molecular weight is 976 g/mol. The van der Waals surface area contributed by atoms with Gasteiger partial charge in [0.1, 0.15) is 0 Å². The van der Waals surface area contributed by atoms with Crippen molar-refractivity contribution >= 4 is 58.5 Å². The molecule has 0 spiro atoms. The molecule has 2 unspecified atom stereocenters. The van der Waals surface area contributed by atoms with E-state index in [1.54, 1.807) is 0 Å². The Morgan fingerprint density at radius 3 is 1.39 bits per heavy atom. The number of aryl methyl sites for hydroxylation is 2. The van der Waals surface area contributed by atoms with Gasteiger partial charge in [-0.2, -0.15) is 41.6 Å². The molecule has 0 saturated heterocycles. The molecule has 0 amide bonds. The van der Waals surface area contributed by atoms with Crippen LogP contribution in [0.5, 0.6) is 0 Å². The molecule has 0 bridgehead atoms. The second kappa shape index (κ2) is 23.6. The first-order valence-electron chi connectivity index (χ1n) is 23.5. The monoisotopic (exact) mass is 973 g/mol. The third-order valence-corrected chi connectivity index (χ3v) is 14.5. The van der Waals surface area contributed by atoms with Gasteiger partial charge in [-0.3, -0.25) is 0 Å². The quantitative estimate of drug-likeness (QED) is 0.0946. The van der Waals surface area contributed by atoms with Crippen molar-refractivity contribution in [2.75, 3.05) is 0 Å². The molecule has 330 valence electrons. The van der Waals surface area contributed by atoms with Crippen molar-refractivity contribution in [3.8, 4) is 33.4 Å². The van der Waals surface area contributed by atoms with E-state index in [1.165, 1.54) is 112 Å². The largest absolute Gasteiger partial charge is 0.184 e. The molecule has 0 aromatic heterocycles. The van der Waals surface area contributed by atoms with Crippen LogP contribution in [0.2, 0.25) is 0 Å². The molecule has 8 aromatic carbocycles. The molecule has 1 heterocycles. The summed E-state index contributed by atoms with van der Waals surface area (Å²) in [6.07, 6.45) is 4.52. The molecule has 8 aromatic rings. The van der Waals surface area contributed by atoms with Crippen molar-refractivity contribution < 1.29 is 20.8 Å². The maximum Gasteiger partial charge on any atom is 0.0920 e. The smallest absolute Gasteiger partial charge is 0.0920 e. The van der Waals surface area contributed by atoms with Crippen LogP contribution in [0.15, 0.2) is 140 Å². The summed E-state index contributed by atoms with van der Waals surface area (Å²) in [6, 6.07) is 55.0. The van der Waals surface area contributed by atoms with E-state index in [0.717, 1.165) is 22.4 Å². The van der Waals surface area contributed by atoms with E-state index in [2.05, 4.69) is 209 Å². The topological polar surface area (TPSA) is 0 Å². The van der Waals surface area contributed by atoms with Gasteiger partial charge < -0.3 is 0 Å². The van der Waals surface area contributed by atoms with Gasteiger partial charge in [0, 0.05) is 0 Å². The predicted molar refractivity (Wildman–Crippen MR) is 282 cm³/mol. The van der Waals surface area contributed by atoms with E-state index < -0.39 is 20.8 Å². The van der Waals surface area contributed by atoms with Crippen molar-refractivity contribution in [1.82, 2.24) is 0 Å². The normalized spacial score (nSPS) is 12.4. The van der Waals surface area contributed by atoms with Crippen molar-refractivity contribution in [2.24, 2.45) is 0 Å². The van der Waals surface area contributed by atoms with Gasteiger partial charge >= 0.3 is 37.9 Å². The maximum atomic E-state index is 4.93. The molecular weight excluding hydrogens is 911 g/mol. The van der Waals surface area contributed by atoms with Crippen molar-refractivity contribution in [3.05, 3.63) is 179 Å². The van der Waals surface area contributed by atoms with Crippen molar-refractivity contribution in [1.29, 1.82) is 0 Å². The summed E-state index contributed by atoms with van der Waals surface area (Å²) >= 11 is -0.826. The Hall–Kier alpha value is -3.78.